The number of nitrogens with one attached hydrogen (secondary N) is 1. The molecule has 0 aliphatic carbocycles. The molecule has 0 aromatic rings. The van der Waals surface area contributed by atoms with Crippen molar-refractivity contribution in [2.75, 3.05) is 26.7 Å². The van der Waals surface area contributed by atoms with Crippen molar-refractivity contribution in [1.29, 1.82) is 0 Å². The van der Waals surface area contributed by atoms with Crippen LogP contribution in [0.4, 0.5) is 0 Å². The van der Waals surface area contributed by atoms with E-state index in [1.165, 1.54) is 0 Å². The molecule has 3 nitrogen and oxygen atoms in total. The van der Waals surface area contributed by atoms with Crippen LogP contribution in [0.2, 0.25) is 0 Å². The van der Waals surface area contributed by atoms with E-state index in [1.54, 1.807) is 0 Å². The quantitative estimate of drug-likeness (QED) is 0.794. The van der Waals surface area contributed by atoms with Crippen LogP contribution in [0.3, 0.4) is 0 Å². The zero-order valence-electron chi connectivity index (χ0n) is 11.2. The van der Waals surface area contributed by atoms with Gasteiger partial charge in [-0.05, 0) is 38.3 Å². The Morgan fingerprint density at radius 2 is 1.94 bits per heavy atom. The van der Waals surface area contributed by atoms with E-state index >= 15 is 0 Å². The maximum Gasteiger partial charge on any atom is 0.228 e. The van der Waals surface area contributed by atoms with Crippen LogP contribution in [-0.4, -0.2) is 37.5 Å². The van der Waals surface area contributed by atoms with Crippen molar-refractivity contribution in [3.63, 3.8) is 0 Å². The molecule has 1 saturated heterocycles. The molecule has 0 saturated carbocycles. The first-order valence-electron chi connectivity index (χ1n) is 6.42. The van der Waals surface area contributed by atoms with E-state index in [4.69, 9.17) is 0 Å². The summed E-state index contributed by atoms with van der Waals surface area (Å²) in [6, 6.07) is 0. The normalized spacial score (nSPS) is 19.8. The SMILES string of the molecule is CC(C)CCN(C)C(=O)C1(C)CCNCC1. The van der Waals surface area contributed by atoms with Crippen LogP contribution in [0.1, 0.15) is 40.0 Å². The molecule has 16 heavy (non-hydrogen) atoms. The molecule has 0 bridgehead atoms. The van der Waals surface area contributed by atoms with Crippen LogP contribution in [-0.2, 0) is 4.79 Å². The molecule has 94 valence electrons. The molecule has 0 radical (unpaired) electrons. The predicted octanol–water partition coefficient (Wildman–Crippen LogP) is 1.88. The summed E-state index contributed by atoms with van der Waals surface area (Å²) in [6.07, 6.45) is 3.03. The lowest BCUT2D eigenvalue weighted by Gasteiger charge is -2.36. The first kappa shape index (κ1) is 13.5. The molecule has 1 rings (SSSR count). The average Bonchev–Trinajstić information content (AvgIpc) is 2.25. The Labute approximate surface area is 99.6 Å². The molecular weight excluding hydrogens is 200 g/mol. The lowest BCUT2D eigenvalue weighted by molar-refractivity contribution is -0.141. The summed E-state index contributed by atoms with van der Waals surface area (Å²) in [5.41, 5.74) is -0.128. The van der Waals surface area contributed by atoms with E-state index in [0.29, 0.717) is 11.8 Å². The minimum Gasteiger partial charge on any atom is -0.345 e. The molecule has 0 atom stereocenters. The predicted molar refractivity (Wildman–Crippen MR) is 67.3 cm³/mol. The van der Waals surface area contributed by atoms with Gasteiger partial charge >= 0.3 is 0 Å². The third-order valence-electron chi connectivity index (χ3n) is 3.61. The molecule has 3 heteroatoms. The van der Waals surface area contributed by atoms with Gasteiger partial charge in [0.05, 0.1) is 0 Å². The number of hydrogen-bond acceptors (Lipinski definition) is 2. The molecule has 1 N–H and O–H groups in total. The Hall–Kier alpha value is -0.570. The van der Waals surface area contributed by atoms with Gasteiger partial charge in [-0.3, -0.25) is 4.79 Å². The van der Waals surface area contributed by atoms with E-state index in [0.717, 1.165) is 38.9 Å². The van der Waals surface area contributed by atoms with Gasteiger partial charge in [0, 0.05) is 19.0 Å². The third kappa shape index (κ3) is 3.48. The first-order valence-corrected chi connectivity index (χ1v) is 6.42. The maximum atomic E-state index is 12.3. The molecule has 0 aromatic carbocycles. The fraction of sp³-hybridized carbons (Fsp3) is 0.923. The molecule has 1 heterocycles. The number of carbonyl (C=O) groups is 1. The highest BCUT2D eigenvalue weighted by atomic mass is 16.2. The second-order valence-electron chi connectivity index (χ2n) is 5.72. The van der Waals surface area contributed by atoms with Crippen molar-refractivity contribution in [2.24, 2.45) is 11.3 Å². The Morgan fingerprint density at radius 3 is 2.44 bits per heavy atom. The fourth-order valence-corrected chi connectivity index (χ4v) is 2.21. The summed E-state index contributed by atoms with van der Waals surface area (Å²) in [6.45, 7) is 9.34. The monoisotopic (exact) mass is 226 g/mol. The molecule has 0 unspecified atom stereocenters. The summed E-state index contributed by atoms with van der Waals surface area (Å²) < 4.78 is 0. The highest BCUT2D eigenvalue weighted by Gasteiger charge is 2.36. The first-order chi connectivity index (χ1) is 7.46. The Kier molecular flexibility index (Phi) is 4.78. The van der Waals surface area contributed by atoms with E-state index in [1.807, 2.05) is 11.9 Å². The molecule has 1 aliphatic rings. The van der Waals surface area contributed by atoms with E-state index in [2.05, 4.69) is 26.1 Å². The van der Waals surface area contributed by atoms with Crippen molar-refractivity contribution in [3.8, 4) is 0 Å². The van der Waals surface area contributed by atoms with Crippen LogP contribution in [0.25, 0.3) is 0 Å². The van der Waals surface area contributed by atoms with E-state index < -0.39 is 0 Å². The summed E-state index contributed by atoms with van der Waals surface area (Å²) in [5.74, 6) is 0.991. The summed E-state index contributed by atoms with van der Waals surface area (Å²) >= 11 is 0. The minimum absolute atomic E-state index is 0.128. The zero-order valence-corrected chi connectivity index (χ0v) is 11.2. The Morgan fingerprint density at radius 1 is 1.38 bits per heavy atom. The standard InChI is InChI=1S/C13H26N2O/c1-11(2)5-10-15(4)12(16)13(3)6-8-14-9-7-13/h11,14H,5-10H2,1-4H3. The molecular formula is C13H26N2O. The zero-order chi connectivity index (χ0) is 12.2. The van der Waals surface area contributed by atoms with Gasteiger partial charge in [0.25, 0.3) is 0 Å². The molecule has 1 aliphatic heterocycles. The average molecular weight is 226 g/mol. The van der Waals surface area contributed by atoms with Gasteiger partial charge in [0.15, 0.2) is 0 Å². The molecule has 1 amide bonds. The van der Waals surface area contributed by atoms with Crippen molar-refractivity contribution in [2.45, 2.75) is 40.0 Å². The molecule has 0 aromatic heterocycles. The van der Waals surface area contributed by atoms with Crippen LogP contribution in [0, 0.1) is 11.3 Å². The van der Waals surface area contributed by atoms with Crippen LogP contribution in [0.5, 0.6) is 0 Å². The summed E-state index contributed by atoms with van der Waals surface area (Å²) in [5, 5.41) is 3.31. The van der Waals surface area contributed by atoms with Crippen molar-refractivity contribution in [3.05, 3.63) is 0 Å². The fourth-order valence-electron chi connectivity index (χ4n) is 2.21. The van der Waals surface area contributed by atoms with Gasteiger partial charge in [-0.1, -0.05) is 20.8 Å². The molecule has 1 fully saturated rings. The number of rotatable bonds is 4. The van der Waals surface area contributed by atoms with Gasteiger partial charge < -0.3 is 10.2 Å². The van der Waals surface area contributed by atoms with Crippen molar-refractivity contribution < 1.29 is 4.79 Å². The lowest BCUT2D eigenvalue weighted by Crippen LogP contribution is -2.46. The van der Waals surface area contributed by atoms with Gasteiger partial charge in [0.2, 0.25) is 5.91 Å². The third-order valence-corrected chi connectivity index (χ3v) is 3.61. The highest BCUT2D eigenvalue weighted by Crippen LogP contribution is 2.30. The van der Waals surface area contributed by atoms with Crippen LogP contribution >= 0.6 is 0 Å². The number of hydrogen-bond donors (Lipinski definition) is 1. The van der Waals surface area contributed by atoms with Crippen LogP contribution < -0.4 is 5.32 Å². The Balaban J connectivity index is 2.48. The summed E-state index contributed by atoms with van der Waals surface area (Å²) in [7, 11) is 1.94. The second kappa shape index (κ2) is 5.67. The smallest absolute Gasteiger partial charge is 0.228 e. The largest absolute Gasteiger partial charge is 0.345 e. The van der Waals surface area contributed by atoms with Crippen molar-refractivity contribution >= 4 is 5.91 Å². The highest BCUT2D eigenvalue weighted by molar-refractivity contribution is 5.82. The summed E-state index contributed by atoms with van der Waals surface area (Å²) in [4.78, 5) is 14.3. The lowest BCUT2D eigenvalue weighted by atomic mass is 9.79. The topological polar surface area (TPSA) is 32.3 Å². The number of piperidine rings is 1. The minimum atomic E-state index is -0.128. The van der Waals surface area contributed by atoms with E-state index in [-0.39, 0.29) is 5.41 Å². The van der Waals surface area contributed by atoms with Crippen LogP contribution in [0.15, 0.2) is 0 Å². The molecule has 0 spiro atoms. The van der Waals surface area contributed by atoms with Crippen molar-refractivity contribution in [1.82, 2.24) is 10.2 Å². The van der Waals surface area contributed by atoms with Gasteiger partial charge in [-0.2, -0.15) is 0 Å². The number of nitrogens with zero attached hydrogens (tertiary/aromatic N) is 1. The second-order valence-corrected chi connectivity index (χ2v) is 5.72. The van der Waals surface area contributed by atoms with Gasteiger partial charge in [0.1, 0.15) is 0 Å². The van der Waals surface area contributed by atoms with Gasteiger partial charge in [-0.25, -0.2) is 0 Å². The van der Waals surface area contributed by atoms with Gasteiger partial charge in [-0.15, -0.1) is 0 Å². The maximum absolute atomic E-state index is 12.3. The van der Waals surface area contributed by atoms with E-state index in [9.17, 15) is 4.79 Å². The Bertz CT molecular complexity index is 232. The number of carbonyl (C=O) groups excluding carboxylic acids is 1. The number of amides is 1.